The topological polar surface area (TPSA) is 143 Å². The highest BCUT2D eigenvalue weighted by Crippen LogP contribution is 2.49. The second-order valence-electron chi connectivity index (χ2n) is 15.5. The number of aryl methyl sites for hydroxylation is 1. The maximum absolute atomic E-state index is 13.7. The van der Waals surface area contributed by atoms with Gasteiger partial charge >= 0.3 is 0 Å². The lowest BCUT2D eigenvalue weighted by atomic mass is 9.63. The molecule has 1 fully saturated rings. The summed E-state index contributed by atoms with van der Waals surface area (Å²) in [6, 6.07) is 11.1. The number of hydrogen-bond acceptors (Lipinski definition) is 9. The third kappa shape index (κ3) is 7.80. The molecular formula is C37H52ClN3O8S2. The highest BCUT2D eigenvalue weighted by molar-refractivity contribution is 7.90. The summed E-state index contributed by atoms with van der Waals surface area (Å²) in [7, 11) is -4.89. The number of sulfonamides is 2. The fourth-order valence-electron chi connectivity index (χ4n) is 8.73. The maximum Gasteiger partial charge on any atom is 0.264 e. The first-order chi connectivity index (χ1) is 24.1. The molecule has 2 aliphatic heterocycles. The van der Waals surface area contributed by atoms with Crippen molar-refractivity contribution in [3.05, 3.63) is 58.1 Å². The van der Waals surface area contributed by atoms with Crippen LogP contribution in [0.4, 0.5) is 5.69 Å². The average Bonchev–Trinajstić information content (AvgIpc) is 3.20. The Hall–Kier alpha value is -2.42. The van der Waals surface area contributed by atoms with Gasteiger partial charge in [0.1, 0.15) is 5.75 Å². The first-order valence-electron chi connectivity index (χ1n) is 18.1. The van der Waals surface area contributed by atoms with Gasteiger partial charge < -0.3 is 19.5 Å². The molecule has 2 aliphatic carbocycles. The quantitative estimate of drug-likeness (QED) is 0.427. The SMILES string of the molecule is COCCN(C)S(=O)(=O)C[C@@]1(O)CCC[C@H](C)[C@@H](C)S(=O)(=O)NC(=O)c2ccc3c(c2)N(C[C@@H]2CC[C@H]21)C[C@@]1(CCCc2cc(Cl)ccc21)CO3. The van der Waals surface area contributed by atoms with Crippen molar-refractivity contribution in [2.75, 3.05) is 57.7 Å². The van der Waals surface area contributed by atoms with E-state index < -0.39 is 48.0 Å². The zero-order chi connectivity index (χ0) is 36.8. The second-order valence-corrected chi connectivity index (χ2v) is 20.0. The summed E-state index contributed by atoms with van der Waals surface area (Å²) in [6.07, 6.45) is 5.28. The Labute approximate surface area is 308 Å². The van der Waals surface area contributed by atoms with Crippen molar-refractivity contribution in [1.82, 2.24) is 9.03 Å². The van der Waals surface area contributed by atoms with Crippen LogP contribution in [0.1, 0.15) is 80.3 Å². The highest BCUT2D eigenvalue weighted by Gasteiger charge is 2.51. The Morgan fingerprint density at radius 3 is 2.63 bits per heavy atom. The van der Waals surface area contributed by atoms with Gasteiger partial charge in [-0.1, -0.05) is 31.0 Å². The normalized spacial score (nSPS) is 31.1. The lowest BCUT2D eigenvalue weighted by Gasteiger charge is -2.50. The molecule has 4 aliphatic rings. The van der Waals surface area contributed by atoms with E-state index in [-0.39, 0.29) is 42.9 Å². The van der Waals surface area contributed by atoms with Crippen molar-refractivity contribution < 1.29 is 36.2 Å². The van der Waals surface area contributed by atoms with Crippen molar-refractivity contribution in [2.45, 2.75) is 81.5 Å². The number of ether oxygens (including phenoxy) is 2. The summed E-state index contributed by atoms with van der Waals surface area (Å²) in [6.45, 7) is 5.26. The number of methoxy groups -OCH3 is 1. The molecule has 0 radical (unpaired) electrons. The number of fused-ring (bicyclic) bond motifs is 4. The standard InChI is InChI=1S/C37H52ClN3O8S2/c1-25-7-5-16-37(43,24-50(44,45)40(3)17-18-48-4)32-12-9-29(32)21-41-22-36(15-6-8-27-19-30(38)11-13-31(27)36)23-49-34-14-10-28(20-33(34)41)35(42)39-51(46,47)26(25)2/h10-11,13-14,19-20,25-26,29,32,43H,5-9,12,15-18,21-24H2,1-4H3,(H,39,42)/t25-,26+,29-,32+,36-,37-/m0/s1. The number of likely N-dealkylation sites (N-methyl/N-ethyl adjacent to an activating group) is 1. The molecule has 0 unspecified atom stereocenters. The molecule has 6 atom stereocenters. The molecule has 1 saturated carbocycles. The van der Waals surface area contributed by atoms with Crippen LogP contribution in [-0.2, 0) is 36.6 Å². The third-order valence-electron chi connectivity index (χ3n) is 12.2. The number of nitrogens with zero attached hydrogens (tertiary/aromatic N) is 2. The molecule has 282 valence electrons. The molecule has 2 aromatic carbocycles. The molecule has 11 nitrogen and oxygen atoms in total. The predicted octanol–water partition coefficient (Wildman–Crippen LogP) is 4.75. The minimum atomic E-state index is -4.06. The molecule has 2 heterocycles. The van der Waals surface area contributed by atoms with Gasteiger partial charge in [-0.25, -0.2) is 25.9 Å². The van der Waals surface area contributed by atoms with Crippen LogP contribution in [0.2, 0.25) is 5.02 Å². The Morgan fingerprint density at radius 2 is 1.90 bits per heavy atom. The Morgan fingerprint density at radius 1 is 1.12 bits per heavy atom. The largest absolute Gasteiger partial charge is 0.490 e. The summed E-state index contributed by atoms with van der Waals surface area (Å²) in [5.41, 5.74) is 1.32. The average molecular weight is 766 g/mol. The van der Waals surface area contributed by atoms with Gasteiger partial charge in [0.05, 0.1) is 35.5 Å². The molecule has 0 aromatic heterocycles. The highest BCUT2D eigenvalue weighted by atomic mass is 35.5. The van der Waals surface area contributed by atoms with Gasteiger partial charge in [-0.3, -0.25) is 4.79 Å². The number of carbonyl (C=O) groups excluding carboxylic acids is 1. The zero-order valence-corrected chi connectivity index (χ0v) is 32.5. The number of anilines is 1. The van der Waals surface area contributed by atoms with Crippen LogP contribution in [0.25, 0.3) is 0 Å². The number of aliphatic hydroxyl groups is 1. The molecule has 1 spiro atoms. The fourth-order valence-corrected chi connectivity index (χ4v) is 11.8. The van der Waals surface area contributed by atoms with Crippen LogP contribution < -0.4 is 14.4 Å². The van der Waals surface area contributed by atoms with E-state index in [1.165, 1.54) is 29.6 Å². The third-order valence-corrected chi connectivity index (χ3v) is 16.3. The van der Waals surface area contributed by atoms with Crippen LogP contribution in [0.15, 0.2) is 36.4 Å². The first-order valence-corrected chi connectivity index (χ1v) is 21.6. The summed E-state index contributed by atoms with van der Waals surface area (Å²) >= 11 is 6.43. The van der Waals surface area contributed by atoms with Crippen molar-refractivity contribution in [2.24, 2.45) is 17.8 Å². The first kappa shape index (κ1) is 38.3. The minimum absolute atomic E-state index is 0.0344. The Balaban J connectivity index is 1.42. The molecule has 6 rings (SSSR count). The van der Waals surface area contributed by atoms with Gasteiger partial charge in [-0.2, -0.15) is 0 Å². The molecule has 1 amide bonds. The summed E-state index contributed by atoms with van der Waals surface area (Å²) in [4.78, 5) is 15.8. The van der Waals surface area contributed by atoms with E-state index in [4.69, 9.17) is 21.1 Å². The van der Waals surface area contributed by atoms with Crippen LogP contribution in [0.5, 0.6) is 5.75 Å². The Kier molecular flexibility index (Phi) is 11.1. The second kappa shape index (κ2) is 14.8. The molecular weight excluding hydrogens is 714 g/mol. The van der Waals surface area contributed by atoms with Crippen molar-refractivity contribution in [1.29, 1.82) is 0 Å². The van der Waals surface area contributed by atoms with Gasteiger partial charge in [0.25, 0.3) is 5.91 Å². The molecule has 2 aromatic rings. The van der Waals surface area contributed by atoms with E-state index in [1.807, 2.05) is 19.1 Å². The van der Waals surface area contributed by atoms with Gasteiger partial charge in [-0.15, -0.1) is 0 Å². The minimum Gasteiger partial charge on any atom is -0.490 e. The summed E-state index contributed by atoms with van der Waals surface area (Å²) in [5, 5.41) is 12.3. The fraction of sp³-hybridized carbons (Fsp3) is 0.649. The van der Waals surface area contributed by atoms with Gasteiger partial charge in [0.2, 0.25) is 20.0 Å². The number of rotatable bonds is 6. The monoisotopic (exact) mass is 765 g/mol. The smallest absolute Gasteiger partial charge is 0.264 e. The van der Waals surface area contributed by atoms with E-state index in [2.05, 4.69) is 15.7 Å². The van der Waals surface area contributed by atoms with E-state index in [1.54, 1.807) is 25.1 Å². The number of nitrogens with one attached hydrogen (secondary N) is 1. The van der Waals surface area contributed by atoms with Crippen molar-refractivity contribution in [3.8, 4) is 5.75 Å². The zero-order valence-electron chi connectivity index (χ0n) is 30.1. The molecule has 2 N–H and O–H groups in total. The van der Waals surface area contributed by atoms with E-state index in [9.17, 15) is 26.7 Å². The summed E-state index contributed by atoms with van der Waals surface area (Å²) in [5.74, 6) is -1.23. The number of hydrogen-bond donors (Lipinski definition) is 2. The van der Waals surface area contributed by atoms with E-state index >= 15 is 0 Å². The van der Waals surface area contributed by atoms with Crippen LogP contribution >= 0.6 is 11.6 Å². The van der Waals surface area contributed by atoms with Crippen molar-refractivity contribution >= 4 is 43.2 Å². The van der Waals surface area contributed by atoms with Gasteiger partial charge in [-0.05, 0) is 111 Å². The molecule has 51 heavy (non-hydrogen) atoms. The number of benzene rings is 2. The van der Waals surface area contributed by atoms with Crippen molar-refractivity contribution in [3.63, 3.8) is 0 Å². The summed E-state index contributed by atoms with van der Waals surface area (Å²) < 4.78 is 69.6. The number of carbonyl (C=O) groups is 1. The number of amides is 1. The number of halogens is 1. The lowest BCUT2D eigenvalue weighted by molar-refractivity contribution is -0.0724. The van der Waals surface area contributed by atoms with Gasteiger partial charge in [0, 0.05) is 49.8 Å². The van der Waals surface area contributed by atoms with Crippen LogP contribution in [0, 0.1) is 17.8 Å². The van der Waals surface area contributed by atoms with E-state index in [0.29, 0.717) is 55.4 Å². The molecule has 0 saturated heterocycles. The lowest BCUT2D eigenvalue weighted by Crippen LogP contribution is -2.56. The Bertz CT molecular complexity index is 1840. The molecule has 2 bridgehead atoms. The van der Waals surface area contributed by atoms with Gasteiger partial charge in [0.15, 0.2) is 0 Å². The maximum atomic E-state index is 13.7. The predicted molar refractivity (Wildman–Crippen MR) is 199 cm³/mol. The van der Waals surface area contributed by atoms with Crippen LogP contribution in [-0.4, -0.2) is 95.8 Å². The van der Waals surface area contributed by atoms with Crippen LogP contribution in [0.3, 0.4) is 0 Å². The molecule has 14 heteroatoms. The van der Waals surface area contributed by atoms with E-state index in [0.717, 1.165) is 25.7 Å².